The van der Waals surface area contributed by atoms with Crippen LogP contribution in [0.15, 0.2) is 18.2 Å². The fraction of sp³-hybridized carbons (Fsp3) is 0.600. The molecule has 26 heavy (non-hydrogen) atoms. The minimum absolute atomic E-state index is 0.00686. The standard InChI is InChI=1S/C20H30FN3O2/c1-4-6-11-23-20(26)24-13-16(19(25)22-5-2)8-10-18(24)15-7-9-17(21)14(3)12-15/h7,9,12,16,18H,4-6,8,10-11,13H2,1-3H3,(H,22,25)(H,23,26)/t16-,18-/m1/s1. The topological polar surface area (TPSA) is 61.4 Å². The molecule has 0 radical (unpaired) electrons. The van der Waals surface area contributed by atoms with E-state index in [0.29, 0.717) is 38.0 Å². The third-order valence-electron chi connectivity index (χ3n) is 4.94. The largest absolute Gasteiger partial charge is 0.356 e. The minimum Gasteiger partial charge on any atom is -0.356 e. The van der Waals surface area contributed by atoms with Crippen LogP contribution in [0.5, 0.6) is 0 Å². The Morgan fingerprint density at radius 1 is 1.23 bits per heavy atom. The molecular formula is C20H30FN3O2. The van der Waals surface area contributed by atoms with Gasteiger partial charge in [-0.15, -0.1) is 0 Å². The van der Waals surface area contributed by atoms with Gasteiger partial charge in [-0.1, -0.05) is 25.5 Å². The van der Waals surface area contributed by atoms with E-state index in [1.807, 2.05) is 6.92 Å². The number of amides is 3. The van der Waals surface area contributed by atoms with E-state index in [1.54, 1.807) is 24.0 Å². The number of nitrogens with zero attached hydrogens (tertiary/aromatic N) is 1. The van der Waals surface area contributed by atoms with Gasteiger partial charge in [0.05, 0.1) is 12.0 Å². The lowest BCUT2D eigenvalue weighted by molar-refractivity contribution is -0.126. The van der Waals surface area contributed by atoms with Crippen LogP contribution in [0.2, 0.25) is 0 Å². The minimum atomic E-state index is -0.247. The first-order valence-electron chi connectivity index (χ1n) is 9.56. The molecule has 0 unspecified atom stereocenters. The Balaban J connectivity index is 2.20. The number of halogens is 1. The number of hydrogen-bond acceptors (Lipinski definition) is 2. The molecule has 5 nitrogen and oxygen atoms in total. The van der Waals surface area contributed by atoms with E-state index in [9.17, 15) is 14.0 Å². The summed E-state index contributed by atoms with van der Waals surface area (Å²) in [5.41, 5.74) is 1.49. The van der Waals surface area contributed by atoms with Crippen molar-refractivity contribution in [3.05, 3.63) is 35.1 Å². The first-order valence-corrected chi connectivity index (χ1v) is 9.56. The molecule has 1 aliphatic heterocycles. The van der Waals surface area contributed by atoms with Crippen LogP contribution >= 0.6 is 0 Å². The molecule has 6 heteroatoms. The number of carbonyl (C=O) groups excluding carboxylic acids is 2. The molecule has 1 aromatic rings. The van der Waals surface area contributed by atoms with Crippen molar-refractivity contribution in [3.63, 3.8) is 0 Å². The lowest BCUT2D eigenvalue weighted by Crippen LogP contribution is -2.50. The molecule has 2 atom stereocenters. The highest BCUT2D eigenvalue weighted by molar-refractivity contribution is 5.81. The number of piperidine rings is 1. The van der Waals surface area contributed by atoms with Crippen molar-refractivity contribution in [2.45, 2.75) is 52.5 Å². The zero-order chi connectivity index (χ0) is 19.1. The third-order valence-corrected chi connectivity index (χ3v) is 4.94. The van der Waals surface area contributed by atoms with Gasteiger partial charge in [0.2, 0.25) is 5.91 Å². The summed E-state index contributed by atoms with van der Waals surface area (Å²) in [5.74, 6) is -0.457. The molecule has 1 fully saturated rings. The Bertz CT molecular complexity index is 635. The van der Waals surface area contributed by atoms with Gasteiger partial charge in [0.15, 0.2) is 0 Å². The van der Waals surface area contributed by atoms with Gasteiger partial charge in [-0.25, -0.2) is 9.18 Å². The summed E-state index contributed by atoms with van der Waals surface area (Å²) in [6, 6.07) is 4.71. The summed E-state index contributed by atoms with van der Waals surface area (Å²) < 4.78 is 13.6. The second kappa shape index (κ2) is 9.55. The highest BCUT2D eigenvalue weighted by Crippen LogP contribution is 2.34. The Kier molecular flexibility index (Phi) is 7.42. The molecule has 1 saturated heterocycles. The lowest BCUT2D eigenvalue weighted by atomic mass is 9.88. The van der Waals surface area contributed by atoms with Gasteiger partial charge in [-0.2, -0.15) is 0 Å². The number of nitrogens with one attached hydrogen (secondary N) is 2. The first kappa shape index (κ1) is 20.2. The second-order valence-corrected chi connectivity index (χ2v) is 6.93. The smallest absolute Gasteiger partial charge is 0.317 e. The molecule has 144 valence electrons. The van der Waals surface area contributed by atoms with Crippen LogP contribution in [0, 0.1) is 18.7 Å². The number of carbonyl (C=O) groups is 2. The van der Waals surface area contributed by atoms with E-state index < -0.39 is 0 Å². The zero-order valence-corrected chi connectivity index (χ0v) is 16.0. The molecule has 1 heterocycles. The van der Waals surface area contributed by atoms with E-state index in [1.165, 1.54) is 6.07 Å². The van der Waals surface area contributed by atoms with E-state index in [0.717, 1.165) is 18.4 Å². The number of aryl methyl sites for hydroxylation is 1. The monoisotopic (exact) mass is 363 g/mol. The lowest BCUT2D eigenvalue weighted by Gasteiger charge is -2.39. The molecule has 0 aliphatic carbocycles. The first-order chi connectivity index (χ1) is 12.5. The van der Waals surface area contributed by atoms with Crippen LogP contribution < -0.4 is 10.6 Å². The van der Waals surface area contributed by atoms with Crippen molar-refractivity contribution >= 4 is 11.9 Å². The van der Waals surface area contributed by atoms with Gasteiger partial charge in [0.1, 0.15) is 5.82 Å². The summed E-state index contributed by atoms with van der Waals surface area (Å²) in [4.78, 5) is 26.7. The summed E-state index contributed by atoms with van der Waals surface area (Å²) in [5, 5.41) is 5.80. The Hall–Kier alpha value is -2.11. The Morgan fingerprint density at radius 3 is 2.65 bits per heavy atom. The summed E-state index contributed by atoms with van der Waals surface area (Å²) in [7, 11) is 0. The van der Waals surface area contributed by atoms with Gasteiger partial charge in [0.25, 0.3) is 0 Å². The zero-order valence-electron chi connectivity index (χ0n) is 16.0. The molecule has 1 aromatic carbocycles. The number of urea groups is 1. The number of benzene rings is 1. The second-order valence-electron chi connectivity index (χ2n) is 6.93. The highest BCUT2D eigenvalue weighted by atomic mass is 19.1. The fourth-order valence-corrected chi connectivity index (χ4v) is 3.42. The normalized spacial score (nSPS) is 19.9. The quantitative estimate of drug-likeness (QED) is 0.760. The van der Waals surface area contributed by atoms with Crippen LogP contribution in [0.3, 0.4) is 0 Å². The maximum atomic E-state index is 13.6. The van der Waals surface area contributed by atoms with Crippen molar-refractivity contribution in [1.29, 1.82) is 0 Å². The summed E-state index contributed by atoms with van der Waals surface area (Å²) in [6.45, 7) is 7.27. The van der Waals surface area contributed by atoms with Crippen LogP contribution in [-0.4, -0.2) is 36.5 Å². The Morgan fingerprint density at radius 2 is 2.00 bits per heavy atom. The van der Waals surface area contributed by atoms with Gasteiger partial charge in [-0.3, -0.25) is 4.79 Å². The van der Waals surface area contributed by atoms with Gasteiger partial charge in [-0.05, 0) is 50.3 Å². The number of likely N-dealkylation sites (tertiary alicyclic amines) is 1. The van der Waals surface area contributed by atoms with Crippen LogP contribution in [0.4, 0.5) is 9.18 Å². The maximum Gasteiger partial charge on any atom is 0.317 e. The van der Waals surface area contributed by atoms with E-state index in [-0.39, 0.29) is 29.7 Å². The average Bonchev–Trinajstić information content (AvgIpc) is 2.64. The molecule has 0 spiro atoms. The maximum absolute atomic E-state index is 13.6. The molecule has 0 bridgehead atoms. The Labute approximate surface area is 155 Å². The molecule has 2 rings (SSSR count). The van der Waals surface area contributed by atoms with Crippen molar-refractivity contribution < 1.29 is 14.0 Å². The van der Waals surface area contributed by atoms with Crippen LogP contribution in [-0.2, 0) is 4.79 Å². The van der Waals surface area contributed by atoms with E-state index in [4.69, 9.17) is 0 Å². The van der Waals surface area contributed by atoms with Gasteiger partial charge in [0, 0.05) is 19.6 Å². The molecule has 0 saturated carbocycles. The predicted octanol–water partition coefficient (Wildman–Crippen LogP) is 3.53. The van der Waals surface area contributed by atoms with Gasteiger partial charge >= 0.3 is 6.03 Å². The summed E-state index contributed by atoms with van der Waals surface area (Å²) in [6.07, 6.45) is 3.32. The number of hydrogen-bond donors (Lipinski definition) is 2. The molecule has 0 aromatic heterocycles. The molecule has 3 amide bonds. The van der Waals surface area contributed by atoms with Crippen molar-refractivity contribution in [2.75, 3.05) is 19.6 Å². The van der Waals surface area contributed by atoms with Gasteiger partial charge < -0.3 is 15.5 Å². The SMILES string of the molecule is CCCCNC(=O)N1C[C@H](C(=O)NCC)CC[C@@H]1c1ccc(F)c(C)c1. The summed E-state index contributed by atoms with van der Waals surface area (Å²) >= 11 is 0. The fourth-order valence-electron chi connectivity index (χ4n) is 3.42. The van der Waals surface area contributed by atoms with Crippen LogP contribution in [0.1, 0.15) is 56.7 Å². The highest BCUT2D eigenvalue weighted by Gasteiger charge is 2.35. The van der Waals surface area contributed by atoms with Crippen molar-refractivity contribution in [2.24, 2.45) is 5.92 Å². The van der Waals surface area contributed by atoms with Crippen molar-refractivity contribution in [3.8, 4) is 0 Å². The van der Waals surface area contributed by atoms with Crippen molar-refractivity contribution in [1.82, 2.24) is 15.5 Å². The van der Waals surface area contributed by atoms with Crippen LogP contribution in [0.25, 0.3) is 0 Å². The average molecular weight is 363 g/mol. The number of unbranched alkanes of at least 4 members (excludes halogenated alkanes) is 1. The number of rotatable bonds is 6. The molecule has 2 N–H and O–H groups in total. The molecular weight excluding hydrogens is 333 g/mol. The third kappa shape index (κ3) is 4.96. The predicted molar refractivity (Wildman–Crippen MR) is 100 cm³/mol. The van der Waals surface area contributed by atoms with E-state index in [2.05, 4.69) is 17.6 Å². The molecule has 1 aliphatic rings. The van der Waals surface area contributed by atoms with E-state index >= 15 is 0 Å².